The summed E-state index contributed by atoms with van der Waals surface area (Å²) in [4.78, 5) is 21.9. The van der Waals surface area contributed by atoms with Gasteiger partial charge in [0, 0.05) is 22.5 Å². The second-order valence-electron chi connectivity index (χ2n) is 6.88. The summed E-state index contributed by atoms with van der Waals surface area (Å²) in [5.74, 6) is 0.960. The van der Waals surface area contributed by atoms with Crippen molar-refractivity contribution in [3.63, 3.8) is 0 Å². The van der Waals surface area contributed by atoms with Gasteiger partial charge in [-0.05, 0) is 61.7 Å². The molecule has 0 aliphatic carbocycles. The van der Waals surface area contributed by atoms with E-state index in [0.717, 1.165) is 11.3 Å². The first-order valence-electron chi connectivity index (χ1n) is 8.95. The van der Waals surface area contributed by atoms with Crippen molar-refractivity contribution in [1.82, 2.24) is 9.55 Å². The van der Waals surface area contributed by atoms with Crippen LogP contribution in [0.25, 0.3) is 0 Å². The molecule has 0 spiro atoms. The number of nitrogens with zero attached hydrogens (tertiary/aromatic N) is 3. The number of hydrogen-bond acceptors (Lipinski definition) is 5. The highest BCUT2D eigenvalue weighted by Gasteiger charge is 2.25. The predicted octanol–water partition coefficient (Wildman–Crippen LogP) is 4.26. The summed E-state index contributed by atoms with van der Waals surface area (Å²) < 4.78 is 1.53. The van der Waals surface area contributed by atoms with Crippen molar-refractivity contribution in [2.24, 2.45) is 4.99 Å². The second kappa shape index (κ2) is 7.13. The Labute approximate surface area is 167 Å². The summed E-state index contributed by atoms with van der Waals surface area (Å²) >= 11 is 6.17. The monoisotopic (exact) mass is 393 g/mol. The first-order valence-corrected chi connectivity index (χ1v) is 9.33. The zero-order valence-corrected chi connectivity index (χ0v) is 16.6. The van der Waals surface area contributed by atoms with Gasteiger partial charge in [-0.3, -0.25) is 14.7 Å². The number of aryl methyl sites for hydroxylation is 3. The highest BCUT2D eigenvalue weighted by atomic mass is 35.5. The highest BCUT2D eigenvalue weighted by Crippen LogP contribution is 2.27. The Bertz CT molecular complexity index is 1150. The van der Waals surface area contributed by atoms with Crippen molar-refractivity contribution in [2.75, 3.05) is 10.6 Å². The Balaban J connectivity index is 1.80. The summed E-state index contributed by atoms with van der Waals surface area (Å²) in [6.07, 6.45) is -0.565. The Hall–Kier alpha value is -3.12. The SMILES string of the molecule is Cc1cc(=O)n2c(n1)NC(Nc1ccc(C)c(C)c1)=N[C@H]2c1cccc(Cl)c1. The van der Waals surface area contributed by atoms with E-state index in [0.29, 0.717) is 22.6 Å². The molecule has 142 valence electrons. The lowest BCUT2D eigenvalue weighted by molar-refractivity contribution is 0.577. The normalized spacial score (nSPS) is 15.4. The first kappa shape index (κ1) is 18.3. The molecule has 7 heteroatoms. The van der Waals surface area contributed by atoms with Gasteiger partial charge in [-0.15, -0.1) is 0 Å². The van der Waals surface area contributed by atoms with Crippen molar-refractivity contribution in [3.8, 4) is 0 Å². The van der Waals surface area contributed by atoms with Crippen LogP contribution in [0.2, 0.25) is 5.02 Å². The maximum absolute atomic E-state index is 12.7. The third-order valence-corrected chi connectivity index (χ3v) is 4.96. The molecule has 0 radical (unpaired) electrons. The van der Waals surface area contributed by atoms with Crippen LogP contribution in [0.1, 0.15) is 28.6 Å². The van der Waals surface area contributed by atoms with Crippen LogP contribution in [0.15, 0.2) is 58.3 Å². The molecule has 2 heterocycles. The van der Waals surface area contributed by atoms with E-state index >= 15 is 0 Å². The summed E-state index contributed by atoms with van der Waals surface area (Å²) in [6, 6.07) is 14.9. The smallest absolute Gasteiger partial charge is 0.257 e. The van der Waals surface area contributed by atoms with Gasteiger partial charge >= 0.3 is 0 Å². The largest absolute Gasteiger partial charge is 0.326 e. The van der Waals surface area contributed by atoms with E-state index in [2.05, 4.69) is 41.6 Å². The van der Waals surface area contributed by atoms with Gasteiger partial charge in [0.15, 0.2) is 6.17 Å². The molecule has 1 atom stereocenters. The molecule has 0 amide bonds. The van der Waals surface area contributed by atoms with Crippen LogP contribution in [0.4, 0.5) is 11.6 Å². The summed E-state index contributed by atoms with van der Waals surface area (Å²) in [5, 5.41) is 7.01. The Morgan fingerprint density at radius 2 is 1.89 bits per heavy atom. The molecule has 1 aromatic heterocycles. The average Bonchev–Trinajstić information content (AvgIpc) is 2.63. The lowest BCUT2D eigenvalue weighted by Gasteiger charge is -2.27. The van der Waals surface area contributed by atoms with Gasteiger partial charge in [0.1, 0.15) is 0 Å². The maximum atomic E-state index is 12.7. The Kier molecular flexibility index (Phi) is 4.65. The maximum Gasteiger partial charge on any atom is 0.257 e. The fraction of sp³-hybridized carbons (Fsp3) is 0.190. The van der Waals surface area contributed by atoms with E-state index in [4.69, 9.17) is 16.6 Å². The molecule has 6 nitrogen and oxygen atoms in total. The number of halogens is 1. The minimum atomic E-state index is -0.565. The molecule has 3 aromatic rings. The van der Waals surface area contributed by atoms with Gasteiger partial charge in [0.05, 0.1) is 0 Å². The van der Waals surface area contributed by atoms with Crippen LogP contribution in [-0.4, -0.2) is 15.5 Å². The quantitative estimate of drug-likeness (QED) is 0.682. The van der Waals surface area contributed by atoms with Crippen LogP contribution in [-0.2, 0) is 0 Å². The highest BCUT2D eigenvalue weighted by molar-refractivity contribution is 6.30. The van der Waals surface area contributed by atoms with E-state index in [1.54, 1.807) is 13.0 Å². The van der Waals surface area contributed by atoms with E-state index in [1.807, 2.05) is 24.3 Å². The number of aromatic nitrogens is 2. The van der Waals surface area contributed by atoms with Gasteiger partial charge < -0.3 is 5.32 Å². The van der Waals surface area contributed by atoms with Crippen LogP contribution in [0.5, 0.6) is 0 Å². The van der Waals surface area contributed by atoms with Crippen LogP contribution < -0.4 is 16.2 Å². The molecule has 1 aliphatic heterocycles. The number of hydrogen-bond donors (Lipinski definition) is 2. The minimum absolute atomic E-state index is 0.172. The third kappa shape index (κ3) is 3.51. The van der Waals surface area contributed by atoms with Crippen molar-refractivity contribution >= 4 is 29.2 Å². The van der Waals surface area contributed by atoms with Crippen molar-refractivity contribution in [2.45, 2.75) is 26.9 Å². The molecule has 1 aliphatic rings. The topological polar surface area (TPSA) is 71.3 Å². The van der Waals surface area contributed by atoms with Gasteiger partial charge in [0.2, 0.25) is 11.9 Å². The number of guanidine groups is 1. The second-order valence-corrected chi connectivity index (χ2v) is 7.32. The molecule has 28 heavy (non-hydrogen) atoms. The molecule has 2 N–H and O–H groups in total. The molecule has 0 unspecified atom stereocenters. The molecule has 0 saturated carbocycles. The lowest BCUT2D eigenvalue weighted by Crippen LogP contribution is -2.37. The predicted molar refractivity (Wildman–Crippen MR) is 113 cm³/mol. The average molecular weight is 394 g/mol. The van der Waals surface area contributed by atoms with Gasteiger partial charge in [-0.1, -0.05) is 29.8 Å². The number of fused-ring (bicyclic) bond motifs is 1. The molecular weight excluding hydrogens is 374 g/mol. The first-order chi connectivity index (χ1) is 13.4. The van der Waals surface area contributed by atoms with Gasteiger partial charge in [0.25, 0.3) is 5.56 Å². The third-order valence-electron chi connectivity index (χ3n) is 4.72. The number of nitrogens with one attached hydrogen (secondary N) is 2. The lowest BCUT2D eigenvalue weighted by atomic mass is 10.1. The van der Waals surface area contributed by atoms with Crippen molar-refractivity contribution in [1.29, 1.82) is 0 Å². The van der Waals surface area contributed by atoms with E-state index in [1.165, 1.54) is 21.8 Å². The van der Waals surface area contributed by atoms with Crippen LogP contribution in [0, 0.1) is 20.8 Å². The molecular formula is C21H20ClN5O. The van der Waals surface area contributed by atoms with Gasteiger partial charge in [-0.2, -0.15) is 0 Å². The summed E-state index contributed by atoms with van der Waals surface area (Å²) in [5.41, 5.74) is 4.58. The zero-order chi connectivity index (χ0) is 19.8. The Morgan fingerprint density at radius 3 is 2.64 bits per heavy atom. The van der Waals surface area contributed by atoms with Crippen LogP contribution in [0.3, 0.4) is 0 Å². The summed E-state index contributed by atoms with van der Waals surface area (Å²) in [7, 11) is 0. The number of rotatable bonds is 2. The minimum Gasteiger partial charge on any atom is -0.326 e. The summed E-state index contributed by atoms with van der Waals surface area (Å²) in [6.45, 7) is 5.92. The van der Waals surface area contributed by atoms with E-state index in [-0.39, 0.29) is 5.56 Å². The standard InChI is InChI=1S/C21H20ClN5O/c1-12-7-8-17(9-13(12)2)24-20-25-19(15-5-4-6-16(22)11-15)27-18(28)10-14(3)23-21(27)26-20/h4-11,19H,1-3H3,(H2,23,24,25,26)/t19-/m1/s1. The number of anilines is 2. The molecule has 2 aromatic carbocycles. The van der Waals surface area contributed by atoms with Gasteiger partial charge in [-0.25, -0.2) is 9.98 Å². The van der Waals surface area contributed by atoms with Crippen LogP contribution >= 0.6 is 11.6 Å². The van der Waals surface area contributed by atoms with E-state index in [9.17, 15) is 4.79 Å². The fourth-order valence-corrected chi connectivity index (χ4v) is 3.36. The number of aliphatic imine (C=N–C) groups is 1. The van der Waals surface area contributed by atoms with Crippen molar-refractivity contribution < 1.29 is 0 Å². The molecule has 4 rings (SSSR count). The number of benzene rings is 2. The zero-order valence-electron chi connectivity index (χ0n) is 15.8. The fourth-order valence-electron chi connectivity index (χ4n) is 3.16. The molecule has 0 saturated heterocycles. The van der Waals surface area contributed by atoms with E-state index < -0.39 is 6.17 Å². The van der Waals surface area contributed by atoms with Crippen molar-refractivity contribution in [3.05, 3.63) is 86.3 Å². The molecule has 0 bridgehead atoms. The Morgan fingerprint density at radius 1 is 1.07 bits per heavy atom. The molecule has 0 fully saturated rings.